The van der Waals surface area contributed by atoms with Crippen LogP contribution < -0.4 is 0 Å². The highest BCUT2D eigenvalue weighted by Crippen LogP contribution is 2.05. The Morgan fingerprint density at radius 3 is 2.12 bits per heavy atom. The van der Waals surface area contributed by atoms with E-state index in [-0.39, 0.29) is 6.61 Å². The molecule has 94 valence electrons. The Morgan fingerprint density at radius 2 is 1.81 bits per heavy atom. The largest absolute Gasteiger partial charge is 0.394 e. The van der Waals surface area contributed by atoms with Crippen molar-refractivity contribution in [2.45, 2.75) is 46.6 Å². The maximum absolute atomic E-state index is 10.0. The zero-order valence-corrected chi connectivity index (χ0v) is 10.7. The van der Waals surface area contributed by atoms with Crippen molar-refractivity contribution in [3.8, 4) is 0 Å². The molecule has 0 rings (SSSR count). The molecule has 0 heterocycles. The van der Waals surface area contributed by atoms with Gasteiger partial charge >= 0.3 is 0 Å². The summed E-state index contributed by atoms with van der Waals surface area (Å²) in [6.07, 6.45) is 6.12. The molecule has 0 aliphatic carbocycles. The average Bonchev–Trinajstić information content (AvgIpc) is 2.18. The van der Waals surface area contributed by atoms with E-state index >= 15 is 0 Å². The summed E-state index contributed by atoms with van der Waals surface area (Å²) >= 11 is 0. The quantitative estimate of drug-likeness (QED) is 0.431. The summed E-state index contributed by atoms with van der Waals surface area (Å²) in [6, 6.07) is 0. The Kier molecular flexibility index (Phi) is 13.3. The van der Waals surface area contributed by atoms with Crippen LogP contribution in [0, 0.1) is 0 Å². The molecule has 1 unspecified atom stereocenters. The van der Waals surface area contributed by atoms with Gasteiger partial charge in [0, 0.05) is 0 Å². The highest BCUT2D eigenvalue weighted by atomic mass is 16.3. The smallest absolute Gasteiger partial charge is 0.142 e. The topological polar surface area (TPSA) is 57.5 Å². The lowest BCUT2D eigenvalue weighted by atomic mass is 10.1. The van der Waals surface area contributed by atoms with Gasteiger partial charge in [0.15, 0.2) is 0 Å². The van der Waals surface area contributed by atoms with Crippen molar-refractivity contribution in [1.29, 1.82) is 0 Å². The first-order valence-electron chi connectivity index (χ1n) is 5.47. The van der Waals surface area contributed by atoms with Gasteiger partial charge in [-0.05, 0) is 46.6 Å². The van der Waals surface area contributed by atoms with E-state index in [2.05, 4.69) is 19.9 Å². The molecule has 3 heteroatoms. The van der Waals surface area contributed by atoms with Gasteiger partial charge in [-0.2, -0.15) is 0 Å². The first-order valence-corrected chi connectivity index (χ1v) is 5.47. The van der Waals surface area contributed by atoms with Crippen LogP contribution in [0.4, 0.5) is 0 Å². The lowest BCUT2D eigenvalue weighted by Gasteiger charge is -1.94. The lowest BCUT2D eigenvalue weighted by molar-refractivity contribution is -0.104. The number of aliphatic hydroxyl groups excluding tert-OH is 2. The summed E-state index contributed by atoms with van der Waals surface area (Å²) < 4.78 is 0. The zero-order valence-electron chi connectivity index (χ0n) is 10.7. The molecule has 16 heavy (non-hydrogen) atoms. The van der Waals surface area contributed by atoms with Gasteiger partial charge in [0.1, 0.15) is 6.29 Å². The third kappa shape index (κ3) is 18.8. The fraction of sp³-hybridized carbons (Fsp3) is 0.615. The van der Waals surface area contributed by atoms with Crippen molar-refractivity contribution in [2.24, 2.45) is 0 Å². The van der Waals surface area contributed by atoms with E-state index in [4.69, 9.17) is 10.2 Å². The number of hydrogen-bond donors (Lipinski definition) is 2. The second-order valence-corrected chi connectivity index (χ2v) is 4.00. The van der Waals surface area contributed by atoms with Crippen LogP contribution in [0.1, 0.15) is 40.5 Å². The van der Waals surface area contributed by atoms with E-state index in [1.54, 1.807) is 6.08 Å². The molecule has 0 saturated heterocycles. The molecule has 0 aliphatic heterocycles. The Morgan fingerprint density at radius 1 is 1.31 bits per heavy atom. The minimum atomic E-state index is -0.560. The van der Waals surface area contributed by atoms with Crippen LogP contribution in [-0.4, -0.2) is 29.2 Å². The SMILES string of the molecule is CC(C)=CCC/C(C)=C/C=O.CC(O)CO. The average molecular weight is 228 g/mol. The highest BCUT2D eigenvalue weighted by molar-refractivity contribution is 5.65. The van der Waals surface area contributed by atoms with Crippen LogP contribution in [0.5, 0.6) is 0 Å². The van der Waals surface area contributed by atoms with Gasteiger partial charge in [0.05, 0.1) is 12.7 Å². The van der Waals surface area contributed by atoms with Gasteiger partial charge in [-0.1, -0.05) is 17.2 Å². The standard InChI is InChI=1S/C10H16O.C3H8O2/c1-9(2)5-4-6-10(3)7-8-11;1-3(5)2-4/h5,7-8H,4,6H2,1-3H3;3-5H,2H2,1H3/b10-7+;. The Hall–Kier alpha value is -0.930. The van der Waals surface area contributed by atoms with Crippen LogP contribution in [0.25, 0.3) is 0 Å². The van der Waals surface area contributed by atoms with Gasteiger partial charge in [-0.3, -0.25) is 4.79 Å². The maximum atomic E-state index is 10.0. The van der Waals surface area contributed by atoms with Crippen molar-refractivity contribution >= 4 is 6.29 Å². The Labute approximate surface area is 98.5 Å². The second-order valence-electron chi connectivity index (χ2n) is 4.00. The molecule has 0 saturated carbocycles. The molecule has 0 radical (unpaired) electrons. The fourth-order valence-electron chi connectivity index (χ4n) is 0.788. The molecule has 0 fully saturated rings. The number of rotatable bonds is 5. The van der Waals surface area contributed by atoms with Crippen LogP contribution >= 0.6 is 0 Å². The number of allylic oxidation sites excluding steroid dienone is 4. The molecule has 2 N–H and O–H groups in total. The monoisotopic (exact) mass is 228 g/mol. The summed E-state index contributed by atoms with van der Waals surface area (Å²) in [7, 11) is 0. The number of carbonyl (C=O) groups is 1. The number of aldehydes is 1. The normalized spacial score (nSPS) is 12.2. The summed E-state index contributed by atoms with van der Waals surface area (Å²) in [5.41, 5.74) is 2.49. The van der Waals surface area contributed by atoms with Gasteiger partial charge in [-0.15, -0.1) is 0 Å². The van der Waals surface area contributed by atoms with Crippen molar-refractivity contribution in [1.82, 2.24) is 0 Å². The second kappa shape index (κ2) is 12.1. The molecular formula is C13H24O3. The van der Waals surface area contributed by atoms with E-state index in [0.29, 0.717) is 0 Å². The van der Waals surface area contributed by atoms with Crippen LogP contribution in [0.15, 0.2) is 23.3 Å². The van der Waals surface area contributed by atoms with Crippen molar-refractivity contribution in [2.75, 3.05) is 6.61 Å². The minimum Gasteiger partial charge on any atom is -0.394 e. The van der Waals surface area contributed by atoms with Crippen molar-refractivity contribution in [3.05, 3.63) is 23.3 Å². The predicted octanol–water partition coefficient (Wildman–Crippen LogP) is 2.24. The predicted molar refractivity (Wildman–Crippen MR) is 67.3 cm³/mol. The molecule has 3 nitrogen and oxygen atoms in total. The third-order valence-electron chi connectivity index (χ3n) is 1.71. The molecule has 0 spiro atoms. The third-order valence-corrected chi connectivity index (χ3v) is 1.71. The molecule has 0 aliphatic rings. The molecule has 0 amide bonds. The van der Waals surface area contributed by atoms with E-state index < -0.39 is 6.10 Å². The highest BCUT2D eigenvalue weighted by Gasteiger charge is 1.86. The molecule has 0 aromatic carbocycles. The fourth-order valence-corrected chi connectivity index (χ4v) is 0.788. The number of hydrogen-bond acceptors (Lipinski definition) is 3. The van der Waals surface area contributed by atoms with Crippen LogP contribution in [-0.2, 0) is 4.79 Å². The summed E-state index contributed by atoms with van der Waals surface area (Å²) in [5, 5.41) is 16.0. The summed E-state index contributed by atoms with van der Waals surface area (Å²) in [5.74, 6) is 0. The minimum absolute atomic E-state index is 0.139. The number of carbonyl (C=O) groups excluding carboxylic acids is 1. The van der Waals surface area contributed by atoms with Gasteiger partial charge in [-0.25, -0.2) is 0 Å². The van der Waals surface area contributed by atoms with Crippen molar-refractivity contribution < 1.29 is 15.0 Å². The van der Waals surface area contributed by atoms with E-state index in [1.165, 1.54) is 12.5 Å². The Balaban J connectivity index is 0. The maximum Gasteiger partial charge on any atom is 0.142 e. The molecule has 1 atom stereocenters. The van der Waals surface area contributed by atoms with Gasteiger partial charge < -0.3 is 10.2 Å². The lowest BCUT2D eigenvalue weighted by Crippen LogP contribution is -2.03. The molecule has 0 aromatic rings. The van der Waals surface area contributed by atoms with Gasteiger partial charge in [0.25, 0.3) is 0 Å². The van der Waals surface area contributed by atoms with Crippen LogP contribution in [0.3, 0.4) is 0 Å². The first-order chi connectivity index (χ1) is 7.43. The molecular weight excluding hydrogens is 204 g/mol. The van der Waals surface area contributed by atoms with Crippen molar-refractivity contribution in [3.63, 3.8) is 0 Å². The van der Waals surface area contributed by atoms with E-state index in [9.17, 15) is 4.79 Å². The summed E-state index contributed by atoms with van der Waals surface area (Å²) in [6.45, 7) is 7.53. The van der Waals surface area contributed by atoms with Crippen LogP contribution in [0.2, 0.25) is 0 Å². The number of aliphatic hydroxyl groups is 2. The van der Waals surface area contributed by atoms with E-state index in [1.807, 2.05) is 6.92 Å². The first kappa shape index (κ1) is 17.5. The Bertz CT molecular complexity index is 223. The molecule has 0 bridgehead atoms. The van der Waals surface area contributed by atoms with E-state index in [0.717, 1.165) is 24.7 Å². The molecule has 0 aromatic heterocycles. The van der Waals surface area contributed by atoms with Gasteiger partial charge in [0.2, 0.25) is 0 Å². The zero-order chi connectivity index (χ0) is 13.0. The summed E-state index contributed by atoms with van der Waals surface area (Å²) in [4.78, 5) is 10.0.